The van der Waals surface area contributed by atoms with E-state index in [1.165, 1.54) is 130 Å². The number of fused-ring (bicyclic) bond motifs is 5. The molecule has 1 aromatic carbocycles. The summed E-state index contributed by atoms with van der Waals surface area (Å²) >= 11 is 0. The van der Waals surface area contributed by atoms with Crippen LogP contribution in [0, 0.1) is 11.3 Å². The summed E-state index contributed by atoms with van der Waals surface area (Å²) in [7, 11) is 0. The third-order valence-electron chi connectivity index (χ3n) is 14.1. The van der Waals surface area contributed by atoms with E-state index in [0.29, 0.717) is 12.0 Å². The fourth-order valence-electron chi connectivity index (χ4n) is 11.8. The molecule has 3 aromatic rings. The molecule has 0 radical (unpaired) electrons. The van der Waals surface area contributed by atoms with Crippen molar-refractivity contribution in [3.05, 3.63) is 72.6 Å². The van der Waals surface area contributed by atoms with Crippen molar-refractivity contribution in [2.24, 2.45) is 11.3 Å². The Hall–Kier alpha value is -2.73. The van der Waals surface area contributed by atoms with Gasteiger partial charge in [-0.05, 0) is 120 Å². The van der Waals surface area contributed by atoms with E-state index in [9.17, 15) is 5.11 Å². The van der Waals surface area contributed by atoms with Gasteiger partial charge in [-0.2, -0.15) is 0 Å². The van der Waals surface area contributed by atoms with Crippen molar-refractivity contribution in [2.75, 3.05) is 26.2 Å². The highest BCUT2D eigenvalue weighted by molar-refractivity contribution is 6.10. The van der Waals surface area contributed by atoms with Crippen LogP contribution in [0.2, 0.25) is 0 Å². The van der Waals surface area contributed by atoms with E-state index >= 15 is 0 Å². The molecular formula is C48H68N4O. The third kappa shape index (κ3) is 7.49. The van der Waals surface area contributed by atoms with Gasteiger partial charge in [-0.25, -0.2) is 0 Å². The van der Waals surface area contributed by atoms with Crippen LogP contribution in [-0.4, -0.2) is 68.3 Å². The molecule has 5 nitrogen and oxygen atoms in total. The van der Waals surface area contributed by atoms with Gasteiger partial charge in [0.2, 0.25) is 0 Å². The number of aliphatic hydroxyl groups is 1. The lowest BCUT2D eigenvalue weighted by molar-refractivity contribution is -0.0894. The van der Waals surface area contributed by atoms with E-state index in [1.54, 1.807) is 0 Å². The minimum absolute atomic E-state index is 0.00850. The van der Waals surface area contributed by atoms with Crippen LogP contribution >= 0.6 is 0 Å². The Bertz CT molecular complexity index is 1770. The summed E-state index contributed by atoms with van der Waals surface area (Å²) in [6, 6.07) is 11.9. The normalized spacial score (nSPS) is 31.8. The lowest BCUT2D eigenvalue weighted by Gasteiger charge is -2.58. The van der Waals surface area contributed by atoms with Crippen LogP contribution in [0.1, 0.15) is 141 Å². The Labute approximate surface area is 320 Å². The predicted molar refractivity (Wildman–Crippen MR) is 223 cm³/mol. The molecule has 2 fully saturated rings. The smallest absolute Gasteiger partial charge is 0.0998 e. The van der Waals surface area contributed by atoms with Gasteiger partial charge >= 0.3 is 0 Å². The molecule has 6 atom stereocenters. The van der Waals surface area contributed by atoms with Crippen LogP contribution in [0.3, 0.4) is 0 Å². The van der Waals surface area contributed by atoms with Gasteiger partial charge in [-0.15, -0.1) is 0 Å². The summed E-state index contributed by atoms with van der Waals surface area (Å²) in [6.45, 7) is 7.83. The van der Waals surface area contributed by atoms with Crippen LogP contribution in [-0.2, 0) is 6.54 Å². The summed E-state index contributed by atoms with van der Waals surface area (Å²) < 4.78 is 2.63. The molecule has 8 rings (SSSR count). The minimum Gasteiger partial charge on any atom is -0.384 e. The van der Waals surface area contributed by atoms with Crippen molar-refractivity contribution in [1.82, 2.24) is 19.4 Å². The Balaban J connectivity index is 1.18. The molecule has 3 bridgehead atoms. The summed E-state index contributed by atoms with van der Waals surface area (Å²) in [4.78, 5) is 11.0. The highest BCUT2D eigenvalue weighted by atomic mass is 16.3. The maximum absolute atomic E-state index is 13.4. The number of unbranched alkanes of at least 4 members (excludes halogenated alkanes) is 9. The summed E-state index contributed by atoms with van der Waals surface area (Å²) in [5, 5.41) is 16.1. The molecule has 1 aliphatic carbocycles. The molecule has 5 heteroatoms. The SMILES string of the molecule is CCCCCCCCCCCCn1c2ccccc2c2ccnc(C3=C[C@@]4(O)CC/C=C\CCCCN5CC[C@@H]3[C@]3(C[C@@H]6/C=C\CCCCN6[C@H]34)C5)c21. The zero-order chi connectivity index (χ0) is 36.1. The second kappa shape index (κ2) is 17.0. The van der Waals surface area contributed by atoms with Gasteiger partial charge in [0.1, 0.15) is 0 Å². The number of piperidine rings is 1. The molecule has 5 aliphatic rings. The second-order valence-electron chi connectivity index (χ2n) is 17.7. The number of para-hydroxylation sites is 1. The number of rotatable bonds is 12. The number of nitrogens with zero attached hydrogens (tertiary/aromatic N) is 4. The van der Waals surface area contributed by atoms with Crippen LogP contribution in [0.25, 0.3) is 27.4 Å². The molecule has 0 amide bonds. The van der Waals surface area contributed by atoms with Gasteiger partial charge in [-0.1, -0.05) is 107 Å². The fraction of sp³-hybridized carbons (Fsp3) is 0.646. The largest absolute Gasteiger partial charge is 0.384 e. The number of aryl methyl sites for hydroxylation is 1. The minimum atomic E-state index is -0.910. The molecule has 6 heterocycles. The molecule has 1 spiro atoms. The number of hydrogen-bond acceptors (Lipinski definition) is 4. The Morgan fingerprint density at radius 1 is 0.792 bits per heavy atom. The first-order chi connectivity index (χ1) is 26.1. The summed E-state index contributed by atoms with van der Waals surface area (Å²) in [6.07, 6.45) is 39.0. The van der Waals surface area contributed by atoms with Gasteiger partial charge in [0.15, 0.2) is 0 Å². The molecule has 1 N–H and O–H groups in total. The first-order valence-corrected chi connectivity index (χ1v) is 22.2. The van der Waals surface area contributed by atoms with Crippen molar-refractivity contribution in [1.29, 1.82) is 0 Å². The number of benzene rings is 1. The second-order valence-corrected chi connectivity index (χ2v) is 17.7. The lowest BCUT2D eigenvalue weighted by atomic mass is 9.54. The van der Waals surface area contributed by atoms with Gasteiger partial charge in [-0.3, -0.25) is 9.88 Å². The first kappa shape index (κ1) is 37.2. The van der Waals surface area contributed by atoms with E-state index in [-0.39, 0.29) is 11.5 Å². The van der Waals surface area contributed by atoms with E-state index in [2.05, 4.69) is 88.2 Å². The van der Waals surface area contributed by atoms with Crippen LogP contribution < -0.4 is 0 Å². The fourth-order valence-corrected chi connectivity index (χ4v) is 11.8. The van der Waals surface area contributed by atoms with Gasteiger partial charge in [0, 0.05) is 47.0 Å². The average molecular weight is 717 g/mol. The quantitative estimate of drug-likeness (QED) is 0.150. The van der Waals surface area contributed by atoms with Crippen molar-refractivity contribution in [3.8, 4) is 0 Å². The monoisotopic (exact) mass is 717 g/mol. The lowest BCUT2D eigenvalue weighted by Crippen LogP contribution is -2.65. The topological polar surface area (TPSA) is 44.5 Å². The van der Waals surface area contributed by atoms with Crippen molar-refractivity contribution >= 4 is 27.4 Å². The number of allylic oxidation sites excluding steroid dienone is 4. The molecule has 2 saturated heterocycles. The van der Waals surface area contributed by atoms with Gasteiger partial charge < -0.3 is 14.6 Å². The van der Waals surface area contributed by atoms with Gasteiger partial charge in [0.25, 0.3) is 0 Å². The Kier molecular flexibility index (Phi) is 11.9. The molecular weight excluding hydrogens is 649 g/mol. The van der Waals surface area contributed by atoms with Crippen LogP contribution in [0.5, 0.6) is 0 Å². The maximum atomic E-state index is 13.4. The highest BCUT2D eigenvalue weighted by Crippen LogP contribution is 2.62. The molecule has 2 aromatic heterocycles. The molecule has 53 heavy (non-hydrogen) atoms. The van der Waals surface area contributed by atoms with E-state index in [0.717, 1.165) is 64.0 Å². The summed E-state index contributed by atoms with van der Waals surface area (Å²) in [5.41, 5.74) is 4.21. The van der Waals surface area contributed by atoms with E-state index < -0.39 is 5.60 Å². The third-order valence-corrected chi connectivity index (χ3v) is 14.1. The van der Waals surface area contributed by atoms with Crippen LogP contribution in [0.4, 0.5) is 0 Å². The average Bonchev–Trinajstić information content (AvgIpc) is 3.64. The molecule has 286 valence electrons. The van der Waals surface area contributed by atoms with E-state index in [4.69, 9.17) is 4.98 Å². The zero-order valence-electron chi connectivity index (χ0n) is 33.0. The molecule has 0 saturated carbocycles. The number of hydrogen-bond donors (Lipinski definition) is 1. The summed E-state index contributed by atoms with van der Waals surface area (Å²) in [5.74, 6) is 0.383. The van der Waals surface area contributed by atoms with Crippen molar-refractivity contribution in [3.63, 3.8) is 0 Å². The Morgan fingerprint density at radius 3 is 2.40 bits per heavy atom. The number of pyridine rings is 1. The zero-order valence-corrected chi connectivity index (χ0v) is 33.0. The highest BCUT2D eigenvalue weighted by Gasteiger charge is 2.65. The maximum Gasteiger partial charge on any atom is 0.0998 e. The van der Waals surface area contributed by atoms with E-state index in [1.807, 2.05) is 0 Å². The van der Waals surface area contributed by atoms with Gasteiger partial charge in [0.05, 0.1) is 22.9 Å². The Morgan fingerprint density at radius 2 is 1.55 bits per heavy atom. The predicted octanol–water partition coefficient (Wildman–Crippen LogP) is 11.3. The van der Waals surface area contributed by atoms with Crippen molar-refractivity contribution in [2.45, 2.75) is 160 Å². The van der Waals surface area contributed by atoms with Crippen molar-refractivity contribution < 1.29 is 5.11 Å². The van der Waals surface area contributed by atoms with Crippen LogP contribution in [0.15, 0.2) is 66.9 Å². The number of aromatic nitrogens is 2. The molecule has 4 aliphatic heterocycles. The standard InChI is InChI=1S/C48H68N4O/c1-2-3-4-5-6-7-8-10-15-23-33-52-43-26-19-18-25-39(43)40-27-30-49-44(45(40)52)41-36-48(53)29-20-13-9-11-14-21-31-50-34-28-42(41)47(37-50)35-38-24-17-12-16-22-32-51(38)46(47)48/h9,13,17-19,24-27,30,36,38,42,46,53H,2-8,10-12,14-16,20-23,28-29,31-35,37H2,1H3/b13-9-,24-17-/t38-,42-,46+,47-,48-/m0/s1. The molecule has 1 unspecified atom stereocenters. The first-order valence-electron chi connectivity index (χ1n) is 22.2.